The topological polar surface area (TPSA) is 71.4 Å². The molecule has 6 heteroatoms. The van der Waals surface area contributed by atoms with Gasteiger partial charge in [-0.2, -0.15) is 0 Å². The number of halogens is 2. The molecule has 0 heterocycles. The van der Waals surface area contributed by atoms with Crippen molar-refractivity contribution in [3.8, 4) is 5.75 Å². The van der Waals surface area contributed by atoms with E-state index in [4.69, 9.17) is 0 Å². The van der Waals surface area contributed by atoms with Gasteiger partial charge in [0.15, 0.2) is 17.9 Å². The molecule has 0 aliphatic heterocycles. The second kappa shape index (κ2) is 6.07. The second-order valence-electron chi connectivity index (χ2n) is 3.19. The number of benzene rings is 1. The molecule has 1 rings (SSSR count). The van der Waals surface area contributed by atoms with E-state index in [9.17, 15) is 19.5 Å². The molecular formula is C11H8Br2O4. The quantitative estimate of drug-likeness (QED) is 0.495. The lowest BCUT2D eigenvalue weighted by Crippen LogP contribution is -2.07. The molecule has 0 aromatic heterocycles. The maximum Gasteiger partial charge on any atom is 0.177 e. The third-order valence-electron chi connectivity index (χ3n) is 2.13. The molecule has 0 aliphatic carbocycles. The molecule has 4 nitrogen and oxygen atoms in total. The van der Waals surface area contributed by atoms with Gasteiger partial charge < -0.3 is 5.11 Å². The first kappa shape index (κ1) is 14.1. The predicted octanol–water partition coefficient (Wildman–Crippen LogP) is 2.36. The van der Waals surface area contributed by atoms with Crippen molar-refractivity contribution in [3.63, 3.8) is 0 Å². The number of carbonyl (C=O) groups excluding carboxylic acids is 3. The highest BCUT2D eigenvalue weighted by atomic mass is 79.9. The van der Waals surface area contributed by atoms with Gasteiger partial charge in [0.2, 0.25) is 0 Å². The van der Waals surface area contributed by atoms with E-state index < -0.39 is 11.5 Å². The minimum absolute atomic E-state index is 0.00478. The number of hydrogen-bond donors (Lipinski definition) is 1. The van der Waals surface area contributed by atoms with Crippen LogP contribution in [0.3, 0.4) is 0 Å². The minimum Gasteiger partial charge on any atom is -0.506 e. The number of rotatable bonds is 5. The lowest BCUT2D eigenvalue weighted by atomic mass is 10.0. The molecule has 0 spiro atoms. The Hall–Kier alpha value is -1.01. The number of Topliss-reactive ketones (excluding diaryl/α,β-unsaturated/α-hetero) is 2. The van der Waals surface area contributed by atoms with Crippen LogP contribution in [0.5, 0.6) is 5.75 Å². The van der Waals surface area contributed by atoms with E-state index in [1.807, 2.05) is 0 Å². The van der Waals surface area contributed by atoms with Crippen LogP contribution < -0.4 is 0 Å². The number of alkyl halides is 2. The molecule has 1 N–H and O–H groups in total. The predicted molar refractivity (Wildman–Crippen MR) is 69.7 cm³/mol. The summed E-state index contributed by atoms with van der Waals surface area (Å²) in [5.41, 5.74) is 0.114. The maximum atomic E-state index is 11.5. The van der Waals surface area contributed by atoms with Gasteiger partial charge in [-0.15, -0.1) is 0 Å². The third-order valence-corrected chi connectivity index (χ3v) is 3.15. The summed E-state index contributed by atoms with van der Waals surface area (Å²) < 4.78 is 0. The Labute approximate surface area is 114 Å². The average molecular weight is 364 g/mol. The zero-order chi connectivity index (χ0) is 13.0. The Morgan fingerprint density at radius 1 is 1.18 bits per heavy atom. The first-order chi connectivity index (χ1) is 8.04. The maximum absolute atomic E-state index is 11.5. The Morgan fingerprint density at radius 3 is 2.24 bits per heavy atom. The Morgan fingerprint density at radius 2 is 1.76 bits per heavy atom. The van der Waals surface area contributed by atoms with Gasteiger partial charge >= 0.3 is 0 Å². The zero-order valence-corrected chi connectivity index (χ0v) is 11.7. The zero-order valence-electron chi connectivity index (χ0n) is 8.57. The molecule has 0 atom stereocenters. The van der Waals surface area contributed by atoms with E-state index in [1.165, 1.54) is 12.1 Å². The van der Waals surface area contributed by atoms with Crippen molar-refractivity contribution >= 4 is 49.7 Å². The van der Waals surface area contributed by atoms with Crippen molar-refractivity contribution in [2.45, 2.75) is 0 Å². The van der Waals surface area contributed by atoms with Crippen molar-refractivity contribution < 1.29 is 19.5 Å². The van der Waals surface area contributed by atoms with Crippen molar-refractivity contribution in [1.29, 1.82) is 0 Å². The molecule has 1 aromatic carbocycles. The van der Waals surface area contributed by atoms with Gasteiger partial charge in [-0.3, -0.25) is 14.4 Å². The number of aldehydes is 1. The molecule has 0 saturated heterocycles. The van der Waals surface area contributed by atoms with Crippen LogP contribution in [-0.2, 0) is 0 Å². The summed E-state index contributed by atoms with van der Waals surface area (Å²) in [5, 5.41) is 9.76. The summed E-state index contributed by atoms with van der Waals surface area (Å²) in [6.07, 6.45) is 0.408. The number of phenolic OH excluding ortho intramolecular Hbond substituents is 1. The smallest absolute Gasteiger partial charge is 0.177 e. The van der Waals surface area contributed by atoms with E-state index in [2.05, 4.69) is 31.9 Å². The molecule has 0 unspecified atom stereocenters. The van der Waals surface area contributed by atoms with Crippen molar-refractivity contribution in [3.05, 3.63) is 28.8 Å². The lowest BCUT2D eigenvalue weighted by molar-refractivity contribution is 0.102. The van der Waals surface area contributed by atoms with E-state index in [1.54, 1.807) is 0 Å². The highest BCUT2D eigenvalue weighted by molar-refractivity contribution is 9.09. The van der Waals surface area contributed by atoms with E-state index in [-0.39, 0.29) is 33.1 Å². The summed E-state index contributed by atoms with van der Waals surface area (Å²) in [7, 11) is 0. The van der Waals surface area contributed by atoms with Gasteiger partial charge in [0.05, 0.1) is 21.8 Å². The molecule has 90 valence electrons. The van der Waals surface area contributed by atoms with Crippen LogP contribution in [0.15, 0.2) is 12.1 Å². The Bertz CT molecular complexity index is 483. The molecule has 0 saturated carbocycles. The third kappa shape index (κ3) is 3.01. The van der Waals surface area contributed by atoms with E-state index in [0.29, 0.717) is 6.29 Å². The summed E-state index contributed by atoms with van der Waals surface area (Å²) >= 11 is 5.97. The van der Waals surface area contributed by atoms with Crippen LogP contribution in [-0.4, -0.2) is 33.6 Å². The van der Waals surface area contributed by atoms with Crippen molar-refractivity contribution in [2.75, 3.05) is 10.7 Å². The first-order valence-electron chi connectivity index (χ1n) is 4.55. The number of carbonyl (C=O) groups is 3. The van der Waals surface area contributed by atoms with Crippen LogP contribution in [0.2, 0.25) is 0 Å². The molecule has 17 heavy (non-hydrogen) atoms. The fraction of sp³-hybridized carbons (Fsp3) is 0.182. The van der Waals surface area contributed by atoms with Crippen molar-refractivity contribution in [2.24, 2.45) is 0 Å². The Balaban J connectivity index is 3.43. The van der Waals surface area contributed by atoms with Crippen molar-refractivity contribution in [1.82, 2.24) is 0 Å². The largest absolute Gasteiger partial charge is 0.506 e. The van der Waals surface area contributed by atoms with Gasteiger partial charge in [0, 0.05) is 5.56 Å². The molecular weight excluding hydrogens is 356 g/mol. The average Bonchev–Trinajstić information content (AvgIpc) is 2.37. The molecule has 0 radical (unpaired) electrons. The monoisotopic (exact) mass is 362 g/mol. The first-order valence-corrected chi connectivity index (χ1v) is 6.80. The number of hydrogen-bond acceptors (Lipinski definition) is 4. The van der Waals surface area contributed by atoms with E-state index in [0.717, 1.165) is 0 Å². The fourth-order valence-corrected chi connectivity index (χ4v) is 1.90. The van der Waals surface area contributed by atoms with Gasteiger partial charge in [-0.05, 0) is 12.1 Å². The minimum atomic E-state index is -0.394. The normalized spacial score (nSPS) is 10.0. The summed E-state index contributed by atoms with van der Waals surface area (Å²) in [5.74, 6) is -1.05. The van der Waals surface area contributed by atoms with Gasteiger partial charge in [0.25, 0.3) is 0 Å². The van der Waals surface area contributed by atoms with E-state index >= 15 is 0 Å². The lowest BCUT2D eigenvalue weighted by Gasteiger charge is -2.07. The number of aromatic hydroxyl groups is 1. The fourth-order valence-electron chi connectivity index (χ4n) is 1.27. The van der Waals surface area contributed by atoms with Gasteiger partial charge in [-0.25, -0.2) is 0 Å². The van der Waals surface area contributed by atoms with Crippen LogP contribution in [0.4, 0.5) is 0 Å². The molecule has 0 amide bonds. The molecule has 0 bridgehead atoms. The second-order valence-corrected chi connectivity index (χ2v) is 4.31. The summed E-state index contributed by atoms with van der Waals surface area (Å²) in [4.78, 5) is 33.8. The summed E-state index contributed by atoms with van der Waals surface area (Å²) in [6, 6.07) is 2.55. The van der Waals surface area contributed by atoms with Crippen LogP contribution in [0, 0.1) is 0 Å². The molecule has 1 aromatic rings. The molecule has 0 aliphatic rings. The Kier molecular flexibility index (Phi) is 5.02. The standard InChI is InChI=1S/C11H8Br2O4/c12-3-9(15)6-1-7(5-14)11(17)8(2-6)10(16)4-13/h1-2,5,17H,3-4H2. The van der Waals surface area contributed by atoms with Crippen LogP contribution >= 0.6 is 31.9 Å². The number of phenols is 1. The van der Waals surface area contributed by atoms with Crippen LogP contribution in [0.1, 0.15) is 31.1 Å². The highest BCUT2D eigenvalue weighted by Crippen LogP contribution is 2.25. The number of ketones is 2. The van der Waals surface area contributed by atoms with Gasteiger partial charge in [0.1, 0.15) is 5.75 Å². The van der Waals surface area contributed by atoms with Crippen LogP contribution in [0.25, 0.3) is 0 Å². The van der Waals surface area contributed by atoms with Gasteiger partial charge in [-0.1, -0.05) is 31.9 Å². The SMILES string of the molecule is O=Cc1cc(C(=O)CBr)cc(C(=O)CBr)c1O. The summed E-state index contributed by atoms with van der Waals surface area (Å²) in [6.45, 7) is 0. The highest BCUT2D eigenvalue weighted by Gasteiger charge is 2.17. The molecule has 0 fully saturated rings.